The number of hydrogen-bond donors (Lipinski definition) is 1. The van der Waals surface area contributed by atoms with E-state index in [4.69, 9.17) is 9.47 Å². The van der Waals surface area contributed by atoms with Crippen molar-refractivity contribution < 1.29 is 9.47 Å². The molecule has 20 heavy (non-hydrogen) atoms. The lowest BCUT2D eigenvalue weighted by molar-refractivity contribution is 0.297. The highest BCUT2D eigenvalue weighted by molar-refractivity contribution is 5.55. The van der Waals surface area contributed by atoms with Gasteiger partial charge >= 0.3 is 0 Å². The Labute approximate surface area is 118 Å². The number of aromatic nitrogens is 2. The van der Waals surface area contributed by atoms with Gasteiger partial charge in [0.15, 0.2) is 11.5 Å². The highest BCUT2D eigenvalue weighted by atomic mass is 16.5. The number of nitrogens with zero attached hydrogens (tertiary/aromatic N) is 2. The van der Waals surface area contributed by atoms with Crippen LogP contribution in [0.15, 0.2) is 30.6 Å². The molecule has 1 aliphatic heterocycles. The van der Waals surface area contributed by atoms with E-state index in [1.807, 2.05) is 42.3 Å². The molecule has 0 saturated heterocycles. The molecule has 1 aliphatic rings. The van der Waals surface area contributed by atoms with Crippen molar-refractivity contribution in [2.24, 2.45) is 7.05 Å². The van der Waals surface area contributed by atoms with Crippen LogP contribution < -0.4 is 14.8 Å². The quantitative estimate of drug-likeness (QED) is 0.934. The number of nitrogens with one attached hydrogen (secondary N) is 1. The third kappa shape index (κ3) is 2.71. The van der Waals surface area contributed by atoms with Crippen molar-refractivity contribution in [1.29, 1.82) is 0 Å². The second-order valence-corrected chi connectivity index (χ2v) is 5.03. The molecule has 2 heterocycles. The maximum atomic E-state index is 5.70. The molecule has 1 unspecified atom stereocenters. The maximum absolute atomic E-state index is 5.70. The lowest BCUT2D eigenvalue weighted by Crippen LogP contribution is -2.06. The summed E-state index contributed by atoms with van der Waals surface area (Å²) in [6, 6.07) is 6.15. The molecule has 0 aliphatic carbocycles. The molecular formula is C15H19N3O2. The highest BCUT2D eigenvalue weighted by Crippen LogP contribution is 2.33. The minimum atomic E-state index is 0.188. The fourth-order valence-electron chi connectivity index (χ4n) is 2.25. The molecule has 5 nitrogen and oxygen atoms in total. The molecule has 1 aromatic carbocycles. The van der Waals surface area contributed by atoms with Crippen molar-refractivity contribution in [3.05, 3.63) is 36.2 Å². The van der Waals surface area contributed by atoms with Gasteiger partial charge in [-0.25, -0.2) is 0 Å². The van der Waals surface area contributed by atoms with Crippen LogP contribution in [0, 0.1) is 0 Å². The van der Waals surface area contributed by atoms with E-state index < -0.39 is 0 Å². The predicted octanol–water partition coefficient (Wildman–Crippen LogP) is 2.75. The molecule has 1 aromatic heterocycles. The molecule has 0 amide bonds. The highest BCUT2D eigenvalue weighted by Gasteiger charge is 2.12. The van der Waals surface area contributed by atoms with Crippen molar-refractivity contribution in [1.82, 2.24) is 9.78 Å². The summed E-state index contributed by atoms with van der Waals surface area (Å²) >= 11 is 0. The third-order valence-electron chi connectivity index (χ3n) is 3.36. The summed E-state index contributed by atoms with van der Waals surface area (Å²) in [6.07, 6.45) is 4.81. The summed E-state index contributed by atoms with van der Waals surface area (Å²) in [6.45, 7) is 3.53. The Bertz CT molecular complexity index is 595. The van der Waals surface area contributed by atoms with Crippen molar-refractivity contribution in [3.8, 4) is 11.5 Å². The van der Waals surface area contributed by atoms with Crippen LogP contribution in [0.3, 0.4) is 0 Å². The second kappa shape index (κ2) is 5.45. The normalized spacial score (nSPS) is 15.5. The largest absolute Gasteiger partial charge is 0.490 e. The van der Waals surface area contributed by atoms with Gasteiger partial charge in [0.25, 0.3) is 0 Å². The zero-order chi connectivity index (χ0) is 13.9. The number of hydrogen-bond acceptors (Lipinski definition) is 4. The second-order valence-electron chi connectivity index (χ2n) is 5.03. The average molecular weight is 273 g/mol. The number of benzene rings is 1. The van der Waals surface area contributed by atoms with Gasteiger partial charge in [0.1, 0.15) is 0 Å². The van der Waals surface area contributed by atoms with Crippen LogP contribution in [0.2, 0.25) is 0 Å². The minimum Gasteiger partial charge on any atom is -0.490 e. The smallest absolute Gasteiger partial charge is 0.163 e. The number of ether oxygens (including phenoxy) is 2. The first-order valence-corrected chi connectivity index (χ1v) is 6.87. The van der Waals surface area contributed by atoms with E-state index in [0.717, 1.165) is 29.2 Å². The van der Waals surface area contributed by atoms with Gasteiger partial charge in [0.05, 0.1) is 25.5 Å². The van der Waals surface area contributed by atoms with E-state index in [-0.39, 0.29) is 6.04 Å². The minimum absolute atomic E-state index is 0.188. The van der Waals surface area contributed by atoms with E-state index in [9.17, 15) is 0 Å². The average Bonchev–Trinajstić information content (AvgIpc) is 2.74. The van der Waals surface area contributed by atoms with Gasteiger partial charge in [0.2, 0.25) is 0 Å². The zero-order valence-corrected chi connectivity index (χ0v) is 11.8. The molecule has 0 radical (unpaired) electrons. The van der Waals surface area contributed by atoms with Gasteiger partial charge in [-0.3, -0.25) is 4.68 Å². The van der Waals surface area contributed by atoms with E-state index >= 15 is 0 Å². The topological polar surface area (TPSA) is 48.3 Å². The first-order chi connectivity index (χ1) is 9.72. The van der Waals surface area contributed by atoms with Crippen LogP contribution in [0.25, 0.3) is 0 Å². The SMILES string of the molecule is CC(Nc1ccc2c(c1)OCCCO2)c1cnn(C)c1. The maximum Gasteiger partial charge on any atom is 0.163 e. The first-order valence-electron chi connectivity index (χ1n) is 6.87. The fraction of sp³-hybridized carbons (Fsp3) is 0.400. The van der Waals surface area contributed by atoms with Crippen molar-refractivity contribution in [2.45, 2.75) is 19.4 Å². The van der Waals surface area contributed by atoms with Gasteiger partial charge in [-0.05, 0) is 19.1 Å². The molecule has 106 valence electrons. The summed E-state index contributed by atoms with van der Waals surface area (Å²) in [4.78, 5) is 0. The predicted molar refractivity (Wildman–Crippen MR) is 77.3 cm³/mol. The lowest BCUT2D eigenvalue weighted by atomic mass is 10.1. The Morgan fingerprint density at radius 3 is 2.80 bits per heavy atom. The lowest BCUT2D eigenvalue weighted by Gasteiger charge is -2.15. The Morgan fingerprint density at radius 2 is 2.05 bits per heavy atom. The first kappa shape index (κ1) is 12.8. The van der Waals surface area contributed by atoms with E-state index in [2.05, 4.69) is 17.3 Å². The summed E-state index contributed by atoms with van der Waals surface area (Å²) < 4.78 is 13.1. The summed E-state index contributed by atoms with van der Waals surface area (Å²) in [5, 5.41) is 7.65. The number of anilines is 1. The van der Waals surface area contributed by atoms with Crippen LogP contribution in [-0.2, 0) is 7.05 Å². The molecule has 0 spiro atoms. The van der Waals surface area contributed by atoms with Gasteiger partial charge in [-0.1, -0.05) is 0 Å². The number of fused-ring (bicyclic) bond motifs is 1. The van der Waals surface area contributed by atoms with Crippen LogP contribution in [0.5, 0.6) is 11.5 Å². The molecule has 5 heteroatoms. The van der Waals surface area contributed by atoms with Gasteiger partial charge < -0.3 is 14.8 Å². The fourth-order valence-corrected chi connectivity index (χ4v) is 2.25. The van der Waals surface area contributed by atoms with Crippen LogP contribution in [0.4, 0.5) is 5.69 Å². The molecule has 1 N–H and O–H groups in total. The summed E-state index contributed by atoms with van der Waals surface area (Å²) in [5.74, 6) is 1.63. The van der Waals surface area contributed by atoms with E-state index in [1.165, 1.54) is 0 Å². The molecule has 1 atom stereocenters. The molecule has 3 rings (SSSR count). The van der Waals surface area contributed by atoms with Crippen molar-refractivity contribution in [2.75, 3.05) is 18.5 Å². The van der Waals surface area contributed by atoms with Crippen LogP contribution in [0.1, 0.15) is 24.9 Å². The molecule has 0 fully saturated rings. The number of aryl methyl sites for hydroxylation is 1. The monoisotopic (exact) mass is 273 g/mol. The molecule has 0 bridgehead atoms. The zero-order valence-electron chi connectivity index (χ0n) is 11.8. The molecular weight excluding hydrogens is 254 g/mol. The summed E-state index contributed by atoms with van der Waals surface area (Å²) in [7, 11) is 1.92. The van der Waals surface area contributed by atoms with Gasteiger partial charge in [-0.2, -0.15) is 5.10 Å². The van der Waals surface area contributed by atoms with E-state index in [0.29, 0.717) is 13.2 Å². The third-order valence-corrected chi connectivity index (χ3v) is 3.36. The Hall–Kier alpha value is -2.17. The molecule has 2 aromatic rings. The Kier molecular flexibility index (Phi) is 3.50. The van der Waals surface area contributed by atoms with Crippen molar-refractivity contribution >= 4 is 5.69 Å². The molecule has 0 saturated carbocycles. The van der Waals surface area contributed by atoms with E-state index in [1.54, 1.807) is 0 Å². The van der Waals surface area contributed by atoms with Crippen LogP contribution in [-0.4, -0.2) is 23.0 Å². The summed E-state index contributed by atoms with van der Waals surface area (Å²) in [5.41, 5.74) is 2.17. The standard InChI is InChI=1S/C15H19N3O2/c1-11(12-9-16-18(2)10-12)17-13-4-5-14-15(8-13)20-7-3-6-19-14/h4-5,8-11,17H,3,6-7H2,1-2H3. The van der Waals surface area contributed by atoms with Crippen LogP contribution >= 0.6 is 0 Å². The number of rotatable bonds is 3. The Morgan fingerprint density at radius 1 is 1.25 bits per heavy atom. The van der Waals surface area contributed by atoms with Gasteiger partial charge in [-0.15, -0.1) is 0 Å². The van der Waals surface area contributed by atoms with Gasteiger partial charge in [0, 0.05) is 37.0 Å². The Balaban J connectivity index is 1.76. The van der Waals surface area contributed by atoms with Crippen molar-refractivity contribution in [3.63, 3.8) is 0 Å².